The molecule has 1 unspecified atom stereocenters. The highest BCUT2D eigenvalue weighted by molar-refractivity contribution is 6.30. The summed E-state index contributed by atoms with van der Waals surface area (Å²) >= 11 is 5.67. The van der Waals surface area contributed by atoms with Gasteiger partial charge in [0.2, 0.25) is 0 Å². The predicted molar refractivity (Wildman–Crippen MR) is 71.2 cm³/mol. The van der Waals surface area contributed by atoms with Crippen molar-refractivity contribution in [3.05, 3.63) is 69.7 Å². The van der Waals surface area contributed by atoms with Gasteiger partial charge >= 0.3 is 0 Å². The lowest BCUT2D eigenvalue weighted by molar-refractivity contribution is 0.173. The fourth-order valence-electron chi connectivity index (χ4n) is 1.92. The molecule has 2 aromatic rings. The summed E-state index contributed by atoms with van der Waals surface area (Å²) in [6.45, 7) is 1.82. The van der Waals surface area contributed by atoms with E-state index >= 15 is 0 Å². The molecular weight excluding hydrogens is 270 g/mol. The molecule has 0 spiro atoms. The molecule has 0 aliphatic carbocycles. The summed E-state index contributed by atoms with van der Waals surface area (Å²) < 4.78 is 26.6. The number of aliphatic hydroxyl groups is 1. The minimum Gasteiger partial charge on any atom is -0.388 e. The van der Waals surface area contributed by atoms with Crippen molar-refractivity contribution in [3.63, 3.8) is 0 Å². The minimum absolute atomic E-state index is 0.00517. The molecule has 0 aromatic heterocycles. The Morgan fingerprint density at radius 2 is 1.79 bits per heavy atom. The lowest BCUT2D eigenvalue weighted by Gasteiger charge is -2.13. The maximum absolute atomic E-state index is 13.6. The van der Waals surface area contributed by atoms with Crippen molar-refractivity contribution in [2.45, 2.75) is 19.4 Å². The molecule has 1 atom stereocenters. The van der Waals surface area contributed by atoms with Gasteiger partial charge in [0.15, 0.2) is 0 Å². The SMILES string of the molecule is Cc1ccc(F)c(C(O)Cc2ccc(F)c(Cl)c2)c1. The van der Waals surface area contributed by atoms with Crippen LogP contribution >= 0.6 is 11.6 Å². The van der Waals surface area contributed by atoms with Crippen molar-refractivity contribution < 1.29 is 13.9 Å². The fourth-order valence-corrected chi connectivity index (χ4v) is 2.12. The van der Waals surface area contributed by atoms with Crippen molar-refractivity contribution >= 4 is 11.6 Å². The molecule has 1 nitrogen and oxygen atoms in total. The Kier molecular flexibility index (Phi) is 4.17. The zero-order chi connectivity index (χ0) is 14.0. The van der Waals surface area contributed by atoms with Crippen LogP contribution in [0.1, 0.15) is 22.8 Å². The van der Waals surface area contributed by atoms with Crippen LogP contribution in [-0.2, 0) is 6.42 Å². The topological polar surface area (TPSA) is 20.2 Å². The van der Waals surface area contributed by atoms with Crippen LogP contribution in [0.5, 0.6) is 0 Å². The molecule has 0 radical (unpaired) electrons. The number of benzene rings is 2. The van der Waals surface area contributed by atoms with E-state index in [9.17, 15) is 13.9 Å². The average Bonchev–Trinajstić information content (AvgIpc) is 2.36. The summed E-state index contributed by atoms with van der Waals surface area (Å²) in [6.07, 6.45) is -0.804. The van der Waals surface area contributed by atoms with Gasteiger partial charge in [-0.2, -0.15) is 0 Å². The summed E-state index contributed by atoms with van der Waals surface area (Å²) in [6, 6.07) is 8.76. The Labute approximate surface area is 115 Å². The molecule has 19 heavy (non-hydrogen) atoms. The molecule has 100 valence electrons. The first kappa shape index (κ1) is 14.0. The highest BCUT2D eigenvalue weighted by Crippen LogP contribution is 2.24. The van der Waals surface area contributed by atoms with E-state index < -0.39 is 17.7 Å². The van der Waals surface area contributed by atoms with Crippen LogP contribution in [0.25, 0.3) is 0 Å². The van der Waals surface area contributed by atoms with Crippen molar-refractivity contribution in [1.29, 1.82) is 0 Å². The largest absolute Gasteiger partial charge is 0.388 e. The van der Waals surface area contributed by atoms with Gasteiger partial charge in [0, 0.05) is 12.0 Å². The van der Waals surface area contributed by atoms with Crippen LogP contribution in [0.3, 0.4) is 0 Å². The molecule has 0 aliphatic rings. The van der Waals surface area contributed by atoms with Gasteiger partial charge in [0.1, 0.15) is 11.6 Å². The first-order valence-corrected chi connectivity index (χ1v) is 6.23. The Morgan fingerprint density at radius 3 is 2.47 bits per heavy atom. The Balaban J connectivity index is 2.22. The van der Waals surface area contributed by atoms with E-state index in [2.05, 4.69) is 0 Å². The van der Waals surface area contributed by atoms with Gasteiger partial charge in [0.25, 0.3) is 0 Å². The van der Waals surface area contributed by atoms with E-state index in [1.165, 1.54) is 24.3 Å². The second kappa shape index (κ2) is 5.68. The van der Waals surface area contributed by atoms with Crippen molar-refractivity contribution in [1.82, 2.24) is 0 Å². The van der Waals surface area contributed by atoms with Gasteiger partial charge < -0.3 is 5.11 Å². The third-order valence-corrected chi connectivity index (χ3v) is 3.21. The molecule has 0 heterocycles. The minimum atomic E-state index is -0.985. The number of halogens is 3. The molecule has 0 fully saturated rings. The number of hydrogen-bond acceptors (Lipinski definition) is 1. The van der Waals surface area contributed by atoms with E-state index in [1.54, 1.807) is 12.1 Å². The van der Waals surface area contributed by atoms with E-state index in [1.807, 2.05) is 6.92 Å². The van der Waals surface area contributed by atoms with Crippen LogP contribution in [0.2, 0.25) is 5.02 Å². The van der Waals surface area contributed by atoms with E-state index in [0.717, 1.165) is 5.56 Å². The summed E-state index contributed by atoms with van der Waals surface area (Å²) in [5, 5.41) is 10.1. The van der Waals surface area contributed by atoms with Gasteiger partial charge in [0.05, 0.1) is 11.1 Å². The standard InChI is InChI=1S/C15H13ClF2O/c1-9-2-4-13(17)11(6-9)15(19)8-10-3-5-14(18)12(16)7-10/h2-7,15,19H,8H2,1H3. The second-order valence-electron chi connectivity index (χ2n) is 4.49. The van der Waals surface area contributed by atoms with Crippen molar-refractivity contribution in [3.8, 4) is 0 Å². The van der Waals surface area contributed by atoms with Crippen molar-refractivity contribution in [2.75, 3.05) is 0 Å². The third-order valence-electron chi connectivity index (χ3n) is 2.92. The fraction of sp³-hybridized carbons (Fsp3) is 0.200. The zero-order valence-corrected chi connectivity index (χ0v) is 11.1. The van der Waals surface area contributed by atoms with E-state index in [0.29, 0.717) is 5.56 Å². The first-order chi connectivity index (χ1) is 8.97. The number of aliphatic hydroxyl groups excluding tert-OH is 1. The van der Waals surface area contributed by atoms with Crippen molar-refractivity contribution in [2.24, 2.45) is 0 Å². The van der Waals surface area contributed by atoms with E-state index in [-0.39, 0.29) is 17.0 Å². The highest BCUT2D eigenvalue weighted by atomic mass is 35.5. The molecule has 2 rings (SSSR count). The summed E-state index contributed by atoms with van der Waals surface area (Å²) in [7, 11) is 0. The van der Waals surface area contributed by atoms with Crippen LogP contribution in [0, 0.1) is 18.6 Å². The lowest BCUT2D eigenvalue weighted by atomic mass is 9.99. The first-order valence-electron chi connectivity index (χ1n) is 5.85. The molecule has 0 aliphatic heterocycles. The van der Waals surface area contributed by atoms with E-state index in [4.69, 9.17) is 11.6 Å². The quantitative estimate of drug-likeness (QED) is 0.894. The Bertz CT molecular complexity index is 599. The Morgan fingerprint density at radius 1 is 1.11 bits per heavy atom. The normalized spacial score (nSPS) is 12.5. The molecule has 1 N–H and O–H groups in total. The maximum Gasteiger partial charge on any atom is 0.141 e. The average molecular weight is 283 g/mol. The monoisotopic (exact) mass is 282 g/mol. The van der Waals surface area contributed by atoms with Gasteiger partial charge in [-0.1, -0.05) is 35.4 Å². The van der Waals surface area contributed by atoms with Gasteiger partial charge in [-0.3, -0.25) is 0 Å². The van der Waals surface area contributed by atoms with Crippen LogP contribution in [0.15, 0.2) is 36.4 Å². The summed E-state index contributed by atoms with van der Waals surface area (Å²) in [5.74, 6) is -0.965. The second-order valence-corrected chi connectivity index (χ2v) is 4.90. The lowest BCUT2D eigenvalue weighted by Crippen LogP contribution is -2.05. The molecule has 0 saturated carbocycles. The molecular formula is C15H13ClF2O. The predicted octanol–water partition coefficient (Wildman–Crippen LogP) is 4.20. The van der Waals surface area contributed by atoms with Crippen LogP contribution in [-0.4, -0.2) is 5.11 Å². The molecule has 0 amide bonds. The molecule has 4 heteroatoms. The van der Waals surface area contributed by atoms with Crippen LogP contribution in [0.4, 0.5) is 8.78 Å². The molecule has 2 aromatic carbocycles. The zero-order valence-electron chi connectivity index (χ0n) is 10.3. The Hall–Kier alpha value is -1.45. The number of aryl methyl sites for hydroxylation is 1. The molecule has 0 bridgehead atoms. The third kappa shape index (κ3) is 3.31. The number of hydrogen-bond donors (Lipinski definition) is 1. The highest BCUT2D eigenvalue weighted by Gasteiger charge is 2.14. The molecule has 0 saturated heterocycles. The van der Waals surface area contributed by atoms with Gasteiger partial charge in [-0.05, 0) is 30.7 Å². The van der Waals surface area contributed by atoms with Gasteiger partial charge in [-0.15, -0.1) is 0 Å². The van der Waals surface area contributed by atoms with Crippen LogP contribution < -0.4 is 0 Å². The summed E-state index contributed by atoms with van der Waals surface area (Å²) in [5.41, 5.74) is 1.76. The maximum atomic E-state index is 13.6. The van der Waals surface area contributed by atoms with Gasteiger partial charge in [-0.25, -0.2) is 8.78 Å². The smallest absolute Gasteiger partial charge is 0.141 e. The number of rotatable bonds is 3. The summed E-state index contributed by atoms with van der Waals surface area (Å²) in [4.78, 5) is 0.